The Balaban J connectivity index is 1.08. The zero-order valence-corrected chi connectivity index (χ0v) is 20.3. The van der Waals surface area contributed by atoms with Crippen LogP contribution in [0, 0.1) is 17.7 Å². The van der Waals surface area contributed by atoms with Gasteiger partial charge < -0.3 is 14.7 Å². The van der Waals surface area contributed by atoms with Gasteiger partial charge in [0.05, 0.1) is 6.67 Å². The highest BCUT2D eigenvalue weighted by atomic mass is 19.1. The van der Waals surface area contributed by atoms with Crippen molar-refractivity contribution in [3.63, 3.8) is 0 Å². The fourth-order valence-electron chi connectivity index (χ4n) is 5.82. The summed E-state index contributed by atoms with van der Waals surface area (Å²) in [5.41, 5.74) is 1.58. The second-order valence-corrected chi connectivity index (χ2v) is 11.0. The van der Waals surface area contributed by atoms with Gasteiger partial charge in [0.2, 0.25) is 11.8 Å². The van der Waals surface area contributed by atoms with Crippen molar-refractivity contribution >= 4 is 17.6 Å². The third kappa shape index (κ3) is 3.76. The first-order valence-corrected chi connectivity index (χ1v) is 13.1. The molecule has 1 aromatic heterocycles. The Bertz CT molecular complexity index is 1200. The van der Waals surface area contributed by atoms with Crippen LogP contribution in [-0.4, -0.2) is 71.5 Å². The molecule has 7 rings (SSSR count). The van der Waals surface area contributed by atoms with Crippen molar-refractivity contribution in [2.45, 2.75) is 37.4 Å². The first kappa shape index (κ1) is 22.2. The lowest BCUT2D eigenvalue weighted by Gasteiger charge is -2.42. The predicted molar refractivity (Wildman–Crippen MR) is 132 cm³/mol. The summed E-state index contributed by atoms with van der Waals surface area (Å²) < 4.78 is 15.5. The molecule has 0 radical (unpaired) electrons. The number of nitrogens with one attached hydrogen (secondary N) is 2. The zero-order valence-electron chi connectivity index (χ0n) is 20.3. The normalized spacial score (nSPS) is 25.1. The quantitative estimate of drug-likeness (QED) is 0.646. The summed E-state index contributed by atoms with van der Waals surface area (Å²) in [7, 11) is 0. The van der Waals surface area contributed by atoms with Crippen molar-refractivity contribution in [2.24, 2.45) is 11.8 Å². The van der Waals surface area contributed by atoms with Crippen molar-refractivity contribution in [2.75, 3.05) is 44.3 Å². The Morgan fingerprint density at radius 2 is 1.94 bits per heavy atom. The lowest BCUT2D eigenvalue weighted by Crippen LogP contribution is -2.55. The number of nitrogens with zero attached hydrogens (tertiary/aromatic N) is 4. The van der Waals surface area contributed by atoms with Crippen molar-refractivity contribution < 1.29 is 14.0 Å². The van der Waals surface area contributed by atoms with Gasteiger partial charge in [0.15, 0.2) is 0 Å². The molecule has 5 aliphatic rings. The molecule has 1 atom stereocenters. The highest BCUT2D eigenvalue weighted by Crippen LogP contribution is 2.47. The minimum Gasteiger partial charge on any atom is -0.343 e. The molecule has 2 amide bonds. The summed E-state index contributed by atoms with van der Waals surface area (Å²) in [6, 6.07) is 9.20. The summed E-state index contributed by atoms with van der Waals surface area (Å²) >= 11 is 0. The molecule has 8 nitrogen and oxygen atoms in total. The van der Waals surface area contributed by atoms with Crippen LogP contribution in [0.25, 0.3) is 11.1 Å². The lowest BCUT2D eigenvalue weighted by atomic mass is 9.97. The molecule has 2 saturated carbocycles. The Morgan fingerprint density at radius 1 is 1.14 bits per heavy atom. The van der Waals surface area contributed by atoms with Crippen LogP contribution >= 0.6 is 0 Å². The highest BCUT2D eigenvalue weighted by Gasteiger charge is 2.60. The number of hydrogen-bond donors (Lipinski definition) is 2. The van der Waals surface area contributed by atoms with E-state index in [0.29, 0.717) is 25.2 Å². The molecular formula is C27H31FN6O2. The molecule has 5 fully saturated rings. The Hall–Kier alpha value is -3.04. The van der Waals surface area contributed by atoms with Crippen LogP contribution in [-0.2, 0) is 9.59 Å². The molecule has 1 unspecified atom stereocenters. The molecule has 2 aliphatic carbocycles. The van der Waals surface area contributed by atoms with E-state index in [1.54, 1.807) is 18.3 Å². The monoisotopic (exact) mass is 490 g/mol. The van der Waals surface area contributed by atoms with Gasteiger partial charge in [-0.2, -0.15) is 0 Å². The average molecular weight is 491 g/mol. The van der Waals surface area contributed by atoms with Crippen LogP contribution in [0.4, 0.5) is 10.2 Å². The maximum absolute atomic E-state index is 15.5. The van der Waals surface area contributed by atoms with Crippen LogP contribution in [0.2, 0.25) is 0 Å². The number of anilines is 1. The summed E-state index contributed by atoms with van der Waals surface area (Å²) in [5, 5.41) is 6.74. The molecule has 0 bridgehead atoms. The SMILES string of the molecule is O=C(C1CC1)N1CC(CN2C(=O)C3(CC3)NC2c2ccc(-c3ccc(N4CCNC4)nc3)cc2F)C1. The van der Waals surface area contributed by atoms with Gasteiger partial charge in [-0.25, -0.2) is 9.37 Å². The molecule has 2 N–H and O–H groups in total. The molecule has 3 aliphatic heterocycles. The molecule has 1 spiro atoms. The molecule has 3 saturated heterocycles. The van der Waals surface area contributed by atoms with Gasteiger partial charge in [-0.15, -0.1) is 0 Å². The molecular weight excluding hydrogens is 459 g/mol. The number of halogens is 1. The zero-order chi connectivity index (χ0) is 24.4. The van der Waals surface area contributed by atoms with Crippen LogP contribution in [0.15, 0.2) is 36.5 Å². The van der Waals surface area contributed by atoms with Crippen molar-refractivity contribution in [1.82, 2.24) is 25.4 Å². The third-order valence-electron chi connectivity index (χ3n) is 8.36. The molecule has 1 aromatic carbocycles. The van der Waals surface area contributed by atoms with E-state index in [9.17, 15) is 9.59 Å². The third-order valence-corrected chi connectivity index (χ3v) is 8.36. The van der Waals surface area contributed by atoms with E-state index < -0.39 is 11.7 Å². The first-order chi connectivity index (χ1) is 17.5. The maximum Gasteiger partial charge on any atom is 0.244 e. The van der Waals surface area contributed by atoms with Crippen LogP contribution < -0.4 is 15.5 Å². The average Bonchev–Trinajstić information content (AvgIpc) is 3.78. The molecule has 9 heteroatoms. The maximum atomic E-state index is 15.5. The topological polar surface area (TPSA) is 80.8 Å². The van der Waals surface area contributed by atoms with E-state index in [1.165, 1.54) is 0 Å². The predicted octanol–water partition coefficient (Wildman–Crippen LogP) is 2.09. The summed E-state index contributed by atoms with van der Waals surface area (Å²) in [6.45, 7) is 4.59. The van der Waals surface area contributed by atoms with Crippen LogP contribution in [0.1, 0.15) is 37.4 Å². The van der Waals surface area contributed by atoms with Crippen molar-refractivity contribution in [3.8, 4) is 11.1 Å². The number of likely N-dealkylation sites (tertiary alicyclic amines) is 1. The van der Waals surface area contributed by atoms with E-state index in [-0.39, 0.29) is 29.5 Å². The number of hydrogen-bond acceptors (Lipinski definition) is 6. The number of aromatic nitrogens is 1. The Morgan fingerprint density at radius 3 is 2.58 bits per heavy atom. The Kier molecular flexibility index (Phi) is 5.08. The van der Waals surface area contributed by atoms with Gasteiger partial charge in [-0.1, -0.05) is 12.1 Å². The number of carbonyl (C=O) groups excluding carboxylic acids is 2. The highest BCUT2D eigenvalue weighted by molar-refractivity contribution is 5.92. The van der Waals surface area contributed by atoms with Crippen molar-refractivity contribution in [3.05, 3.63) is 47.9 Å². The van der Waals surface area contributed by atoms with E-state index in [2.05, 4.69) is 20.5 Å². The molecule has 2 aromatic rings. The number of pyridine rings is 1. The first-order valence-electron chi connectivity index (χ1n) is 13.1. The number of carbonyl (C=O) groups is 2. The Labute approximate surface area is 209 Å². The van der Waals surface area contributed by atoms with Crippen molar-refractivity contribution in [1.29, 1.82) is 0 Å². The number of rotatable bonds is 6. The van der Waals surface area contributed by atoms with E-state index in [0.717, 1.165) is 62.4 Å². The van der Waals surface area contributed by atoms with Gasteiger partial charge in [-0.05, 0) is 49.4 Å². The summed E-state index contributed by atoms with van der Waals surface area (Å²) in [6.07, 6.45) is 4.90. The standard InChI is InChI=1S/C27H31FN6O2/c28-22-11-19(20-4-6-23(30-12-20)32-10-9-29-16-32)3-5-21(22)24-31-27(7-8-27)26(36)34(24)15-17-13-33(14-17)25(35)18-1-2-18/h3-6,11-12,17-18,24,29,31H,1-2,7-10,13-16H2. The minimum absolute atomic E-state index is 0.0686. The molecule has 4 heterocycles. The van der Waals surface area contributed by atoms with Gasteiger partial charge in [-0.3, -0.25) is 20.2 Å². The van der Waals surface area contributed by atoms with Crippen LogP contribution in [0.3, 0.4) is 0 Å². The molecule has 36 heavy (non-hydrogen) atoms. The van der Waals surface area contributed by atoms with E-state index >= 15 is 4.39 Å². The van der Waals surface area contributed by atoms with Gasteiger partial charge in [0.25, 0.3) is 0 Å². The van der Waals surface area contributed by atoms with Gasteiger partial charge in [0.1, 0.15) is 23.3 Å². The second-order valence-electron chi connectivity index (χ2n) is 11.0. The largest absolute Gasteiger partial charge is 0.343 e. The van der Waals surface area contributed by atoms with E-state index in [4.69, 9.17) is 0 Å². The minimum atomic E-state index is -0.534. The second kappa shape index (κ2) is 8.24. The van der Waals surface area contributed by atoms with Crippen LogP contribution in [0.5, 0.6) is 0 Å². The summed E-state index contributed by atoms with van der Waals surface area (Å²) in [4.78, 5) is 36.0. The number of benzene rings is 1. The van der Waals surface area contributed by atoms with E-state index in [1.807, 2.05) is 28.0 Å². The van der Waals surface area contributed by atoms with Gasteiger partial charge >= 0.3 is 0 Å². The molecule has 188 valence electrons. The fourth-order valence-corrected chi connectivity index (χ4v) is 5.82. The smallest absolute Gasteiger partial charge is 0.244 e. The lowest BCUT2D eigenvalue weighted by molar-refractivity contribution is -0.140. The summed E-state index contributed by atoms with van der Waals surface area (Å²) in [5.74, 6) is 1.38. The van der Waals surface area contributed by atoms with Gasteiger partial charge in [0, 0.05) is 61.9 Å². The number of amides is 2. The fraction of sp³-hybridized carbons (Fsp3) is 0.519.